The molecule has 4 nitrogen and oxygen atoms in total. The number of carboxylic acids is 1. The highest BCUT2D eigenvalue weighted by molar-refractivity contribution is 5.81. The molecule has 1 atom stereocenters. The van der Waals surface area contributed by atoms with E-state index in [1.807, 2.05) is 51.1 Å². The smallest absolute Gasteiger partial charge is 0.331 e. The summed E-state index contributed by atoms with van der Waals surface area (Å²) in [5.41, 5.74) is -0.448. The molecule has 0 aliphatic heterocycles. The van der Waals surface area contributed by atoms with E-state index in [1.54, 1.807) is 0 Å². The van der Waals surface area contributed by atoms with E-state index < -0.39 is 11.5 Å². The van der Waals surface area contributed by atoms with E-state index in [0.717, 1.165) is 12.0 Å². The van der Waals surface area contributed by atoms with Crippen molar-refractivity contribution in [3.8, 4) is 0 Å². The summed E-state index contributed by atoms with van der Waals surface area (Å²) in [5, 5.41) is 12.9. The molecule has 1 unspecified atom stereocenters. The van der Waals surface area contributed by atoms with E-state index in [4.69, 9.17) is 4.74 Å². The second-order valence-electron chi connectivity index (χ2n) is 5.41. The average molecular weight is 279 g/mol. The van der Waals surface area contributed by atoms with E-state index >= 15 is 0 Å². The number of aliphatic carboxylic acids is 1. The van der Waals surface area contributed by atoms with Gasteiger partial charge in [0.15, 0.2) is 5.54 Å². The lowest BCUT2D eigenvalue weighted by Crippen LogP contribution is -2.53. The molecular weight excluding hydrogens is 254 g/mol. The molecule has 2 N–H and O–H groups in total. The Morgan fingerprint density at radius 1 is 1.35 bits per heavy atom. The van der Waals surface area contributed by atoms with Crippen molar-refractivity contribution in [1.82, 2.24) is 5.32 Å². The Morgan fingerprint density at radius 2 is 2.00 bits per heavy atom. The molecule has 0 heterocycles. The number of hydrogen-bond donors (Lipinski definition) is 2. The van der Waals surface area contributed by atoms with Crippen LogP contribution in [0, 0.1) is 5.92 Å². The van der Waals surface area contributed by atoms with Crippen molar-refractivity contribution in [2.45, 2.75) is 32.7 Å². The minimum atomic E-state index is -1.17. The predicted octanol–water partition coefficient (Wildman–Crippen LogP) is 2.64. The van der Waals surface area contributed by atoms with Gasteiger partial charge >= 0.3 is 5.97 Å². The fraction of sp³-hybridized carbons (Fsp3) is 0.562. The monoisotopic (exact) mass is 279 g/mol. The third kappa shape index (κ3) is 4.32. The molecule has 1 aromatic carbocycles. The topological polar surface area (TPSA) is 58.6 Å². The van der Waals surface area contributed by atoms with Crippen molar-refractivity contribution in [3.63, 3.8) is 0 Å². The van der Waals surface area contributed by atoms with E-state index in [1.165, 1.54) is 0 Å². The van der Waals surface area contributed by atoms with Crippen LogP contribution in [0.5, 0.6) is 0 Å². The van der Waals surface area contributed by atoms with Crippen LogP contribution in [0.2, 0.25) is 0 Å². The number of benzene rings is 1. The third-order valence-corrected chi connectivity index (χ3v) is 3.08. The van der Waals surface area contributed by atoms with Crippen molar-refractivity contribution in [2.24, 2.45) is 5.92 Å². The summed E-state index contributed by atoms with van der Waals surface area (Å²) in [7, 11) is 0. The van der Waals surface area contributed by atoms with Crippen LogP contribution in [0.1, 0.15) is 32.8 Å². The first-order chi connectivity index (χ1) is 9.53. The summed E-state index contributed by atoms with van der Waals surface area (Å²) < 4.78 is 5.63. The van der Waals surface area contributed by atoms with Crippen LogP contribution in [0.25, 0.3) is 0 Å². The SMILES string of the molecule is CCCNC(COCC(C)C)(C(=O)O)c1ccccc1. The molecule has 1 aromatic rings. The van der Waals surface area contributed by atoms with Crippen molar-refractivity contribution in [1.29, 1.82) is 0 Å². The first kappa shape index (κ1) is 16.7. The highest BCUT2D eigenvalue weighted by Crippen LogP contribution is 2.22. The maximum atomic E-state index is 11.9. The number of ether oxygens (including phenoxy) is 1. The number of carbonyl (C=O) groups is 1. The number of carboxylic acid groups (broad SMARTS) is 1. The molecule has 112 valence electrons. The Morgan fingerprint density at radius 3 is 2.50 bits per heavy atom. The number of rotatable bonds is 9. The van der Waals surface area contributed by atoms with E-state index in [0.29, 0.717) is 19.1 Å². The van der Waals surface area contributed by atoms with Gasteiger partial charge in [0.1, 0.15) is 0 Å². The highest BCUT2D eigenvalue weighted by atomic mass is 16.5. The van der Waals surface area contributed by atoms with Gasteiger partial charge in [-0.05, 0) is 24.4 Å². The maximum absolute atomic E-state index is 11.9. The van der Waals surface area contributed by atoms with E-state index in [2.05, 4.69) is 5.32 Å². The van der Waals surface area contributed by atoms with Gasteiger partial charge in [0.05, 0.1) is 6.61 Å². The molecule has 0 radical (unpaired) electrons. The Bertz CT molecular complexity index is 405. The summed E-state index contributed by atoms with van der Waals surface area (Å²) in [4.78, 5) is 11.9. The van der Waals surface area contributed by atoms with Gasteiger partial charge in [-0.15, -0.1) is 0 Å². The van der Waals surface area contributed by atoms with Gasteiger partial charge in [0.25, 0.3) is 0 Å². The summed E-state index contributed by atoms with van der Waals surface area (Å²) in [5.74, 6) is -0.524. The molecule has 4 heteroatoms. The quantitative estimate of drug-likeness (QED) is 0.729. The van der Waals surface area contributed by atoms with Crippen LogP contribution >= 0.6 is 0 Å². The lowest BCUT2D eigenvalue weighted by atomic mass is 9.90. The van der Waals surface area contributed by atoms with Crippen molar-refractivity contribution in [3.05, 3.63) is 35.9 Å². The Labute approximate surface area is 121 Å². The maximum Gasteiger partial charge on any atom is 0.331 e. The second-order valence-corrected chi connectivity index (χ2v) is 5.41. The van der Waals surface area contributed by atoms with Crippen molar-refractivity contribution < 1.29 is 14.6 Å². The lowest BCUT2D eigenvalue weighted by Gasteiger charge is -2.31. The van der Waals surface area contributed by atoms with Gasteiger partial charge in [-0.2, -0.15) is 0 Å². The van der Waals surface area contributed by atoms with E-state index in [-0.39, 0.29) is 6.61 Å². The molecule has 0 bridgehead atoms. The van der Waals surface area contributed by atoms with Crippen LogP contribution in [-0.4, -0.2) is 30.8 Å². The summed E-state index contributed by atoms with van der Waals surface area (Å²) in [6.07, 6.45) is 0.867. The van der Waals surface area contributed by atoms with Crippen molar-refractivity contribution >= 4 is 5.97 Å². The van der Waals surface area contributed by atoms with Gasteiger partial charge in [0.2, 0.25) is 0 Å². The zero-order chi connectivity index (χ0) is 15.0. The molecule has 1 rings (SSSR count). The van der Waals surface area contributed by atoms with Crippen LogP contribution in [0.4, 0.5) is 0 Å². The molecule has 0 aliphatic carbocycles. The molecule has 0 aromatic heterocycles. The summed E-state index contributed by atoms with van der Waals surface area (Å²) in [6.45, 7) is 7.42. The molecule has 20 heavy (non-hydrogen) atoms. The Kier molecular flexibility index (Phi) is 6.68. The molecular formula is C16H25NO3. The van der Waals surface area contributed by atoms with Crippen LogP contribution < -0.4 is 5.32 Å². The highest BCUT2D eigenvalue weighted by Gasteiger charge is 2.40. The zero-order valence-corrected chi connectivity index (χ0v) is 12.6. The minimum Gasteiger partial charge on any atom is -0.480 e. The van der Waals surface area contributed by atoms with Crippen molar-refractivity contribution in [2.75, 3.05) is 19.8 Å². The standard InChI is InChI=1S/C16H25NO3/c1-4-10-17-16(15(18)19,12-20-11-13(2)3)14-8-6-5-7-9-14/h5-9,13,17H,4,10-12H2,1-3H3,(H,18,19). The first-order valence-corrected chi connectivity index (χ1v) is 7.14. The van der Waals surface area contributed by atoms with Crippen LogP contribution in [0.15, 0.2) is 30.3 Å². The zero-order valence-electron chi connectivity index (χ0n) is 12.6. The van der Waals surface area contributed by atoms with Gasteiger partial charge in [-0.1, -0.05) is 51.1 Å². The molecule has 0 saturated carbocycles. The lowest BCUT2D eigenvalue weighted by molar-refractivity contribution is -0.148. The van der Waals surface area contributed by atoms with Gasteiger partial charge in [-0.3, -0.25) is 5.32 Å². The van der Waals surface area contributed by atoms with Gasteiger partial charge in [0, 0.05) is 6.61 Å². The van der Waals surface area contributed by atoms with Gasteiger partial charge in [-0.25, -0.2) is 4.79 Å². The Balaban J connectivity index is 2.98. The molecule has 0 aliphatic rings. The molecule has 0 saturated heterocycles. The summed E-state index contributed by atoms with van der Waals surface area (Å²) in [6, 6.07) is 9.24. The normalized spacial score (nSPS) is 14.2. The fourth-order valence-corrected chi connectivity index (χ4v) is 2.01. The van der Waals surface area contributed by atoms with Crippen LogP contribution in [-0.2, 0) is 15.1 Å². The minimum absolute atomic E-state index is 0.129. The Hall–Kier alpha value is -1.39. The molecule has 0 amide bonds. The number of hydrogen-bond acceptors (Lipinski definition) is 3. The van der Waals surface area contributed by atoms with Crippen LogP contribution in [0.3, 0.4) is 0 Å². The predicted molar refractivity (Wildman–Crippen MR) is 79.7 cm³/mol. The fourth-order valence-electron chi connectivity index (χ4n) is 2.01. The second kappa shape index (κ2) is 8.02. The third-order valence-electron chi connectivity index (χ3n) is 3.08. The largest absolute Gasteiger partial charge is 0.480 e. The van der Waals surface area contributed by atoms with Gasteiger partial charge < -0.3 is 9.84 Å². The molecule has 0 spiro atoms. The molecule has 0 fully saturated rings. The van der Waals surface area contributed by atoms with E-state index in [9.17, 15) is 9.90 Å². The average Bonchev–Trinajstić information content (AvgIpc) is 2.43. The summed E-state index contributed by atoms with van der Waals surface area (Å²) >= 11 is 0. The number of nitrogens with one attached hydrogen (secondary N) is 1. The first-order valence-electron chi connectivity index (χ1n) is 7.14.